The molecule has 14 heavy (non-hydrogen) atoms. The molecule has 0 amide bonds. The van der Waals surface area contributed by atoms with E-state index in [1.165, 1.54) is 0 Å². The molecule has 2 atom stereocenters. The van der Waals surface area contributed by atoms with Crippen molar-refractivity contribution in [1.82, 2.24) is 4.90 Å². The summed E-state index contributed by atoms with van der Waals surface area (Å²) < 4.78 is 13.2. The van der Waals surface area contributed by atoms with Gasteiger partial charge in [0.05, 0.1) is 0 Å². The summed E-state index contributed by atoms with van der Waals surface area (Å²) in [5.74, 6) is 0.508. The molecule has 0 spiro atoms. The zero-order valence-electron chi connectivity index (χ0n) is 9.25. The maximum atomic E-state index is 13.2. The molecule has 0 aliphatic carbocycles. The topological polar surface area (TPSA) is 15.6 Å². The van der Waals surface area contributed by atoms with Crippen molar-refractivity contribution in [3.63, 3.8) is 0 Å². The van der Waals surface area contributed by atoms with E-state index in [4.69, 9.17) is 0 Å². The summed E-state index contributed by atoms with van der Waals surface area (Å²) in [6, 6.07) is 0. The highest BCUT2D eigenvalue weighted by Crippen LogP contribution is 2.18. The van der Waals surface area contributed by atoms with Gasteiger partial charge in [0.25, 0.3) is 0 Å². The van der Waals surface area contributed by atoms with E-state index in [9.17, 15) is 4.39 Å². The van der Waals surface area contributed by atoms with E-state index in [2.05, 4.69) is 16.8 Å². The van der Waals surface area contributed by atoms with Gasteiger partial charge in [0, 0.05) is 26.2 Å². The van der Waals surface area contributed by atoms with Crippen LogP contribution in [0.4, 0.5) is 4.39 Å². The number of alkyl halides is 1. The molecule has 1 heterocycles. The first-order chi connectivity index (χ1) is 6.72. The second kappa shape index (κ2) is 6.12. The van der Waals surface area contributed by atoms with E-state index in [1.807, 2.05) is 13.1 Å². The van der Waals surface area contributed by atoms with Gasteiger partial charge in [-0.25, -0.2) is 4.39 Å². The van der Waals surface area contributed by atoms with Crippen LogP contribution in [-0.4, -0.2) is 43.5 Å². The van der Waals surface area contributed by atoms with Crippen molar-refractivity contribution in [2.75, 3.05) is 26.2 Å². The first-order valence-corrected chi connectivity index (χ1v) is 5.53. The lowest BCUT2D eigenvalue weighted by Crippen LogP contribution is -2.41. The van der Waals surface area contributed by atoms with Crippen LogP contribution >= 0.6 is 0 Å². The summed E-state index contributed by atoms with van der Waals surface area (Å²) >= 11 is 0. The number of rotatable bonds is 4. The average Bonchev–Trinajstić information content (AvgIpc) is 2.11. The molecule has 2 nitrogen and oxygen atoms in total. The molecule has 1 rings (SSSR count). The summed E-state index contributed by atoms with van der Waals surface area (Å²) in [4.78, 5) is 6.38. The molecule has 0 bridgehead atoms. The predicted molar refractivity (Wildman–Crippen MR) is 58.8 cm³/mol. The lowest BCUT2D eigenvalue weighted by atomic mass is 9.99. The third-order valence-electron chi connectivity index (χ3n) is 2.63. The van der Waals surface area contributed by atoms with Gasteiger partial charge in [-0.3, -0.25) is 4.99 Å². The minimum Gasteiger partial charge on any atom is -0.300 e. The lowest BCUT2D eigenvalue weighted by Gasteiger charge is -2.32. The fraction of sp³-hybridized carbons (Fsp3) is 0.909. The van der Waals surface area contributed by atoms with Crippen molar-refractivity contribution in [2.45, 2.75) is 32.9 Å². The Balaban J connectivity index is 2.16. The minimum atomic E-state index is -0.617. The van der Waals surface area contributed by atoms with Crippen LogP contribution in [0, 0.1) is 5.92 Å². The van der Waals surface area contributed by atoms with Gasteiger partial charge >= 0.3 is 0 Å². The first kappa shape index (κ1) is 11.6. The standard InChI is InChI=1S/C11H21FN2/c1-3-13-5-4-6-14-8-10(2)7-11(12)9-14/h3,10-11H,4-9H2,1-2H3. The number of likely N-dealkylation sites (tertiary alicyclic amines) is 1. The van der Waals surface area contributed by atoms with E-state index >= 15 is 0 Å². The zero-order valence-corrected chi connectivity index (χ0v) is 9.25. The van der Waals surface area contributed by atoms with Crippen LogP contribution < -0.4 is 0 Å². The zero-order chi connectivity index (χ0) is 10.4. The Morgan fingerprint density at radius 2 is 2.29 bits per heavy atom. The van der Waals surface area contributed by atoms with Crippen molar-refractivity contribution in [1.29, 1.82) is 0 Å². The molecule has 82 valence electrons. The van der Waals surface area contributed by atoms with Crippen molar-refractivity contribution in [3.8, 4) is 0 Å². The van der Waals surface area contributed by atoms with Crippen molar-refractivity contribution in [2.24, 2.45) is 10.9 Å². The summed E-state index contributed by atoms with van der Waals surface area (Å²) in [5.41, 5.74) is 0. The monoisotopic (exact) mass is 200 g/mol. The van der Waals surface area contributed by atoms with Crippen LogP contribution in [-0.2, 0) is 0 Å². The summed E-state index contributed by atoms with van der Waals surface area (Å²) in [7, 11) is 0. The summed E-state index contributed by atoms with van der Waals surface area (Å²) in [5, 5.41) is 0. The van der Waals surface area contributed by atoms with Gasteiger partial charge in [-0.15, -0.1) is 0 Å². The van der Waals surface area contributed by atoms with E-state index < -0.39 is 6.17 Å². The number of piperidine rings is 1. The van der Waals surface area contributed by atoms with E-state index in [1.54, 1.807) is 0 Å². The van der Waals surface area contributed by atoms with Gasteiger partial charge < -0.3 is 4.90 Å². The molecule has 0 aromatic carbocycles. The van der Waals surface area contributed by atoms with E-state index in [0.29, 0.717) is 12.5 Å². The SMILES string of the molecule is CC=NCCCN1CC(C)CC(F)C1. The molecule has 3 heteroatoms. The average molecular weight is 200 g/mol. The van der Waals surface area contributed by atoms with E-state index in [0.717, 1.165) is 32.5 Å². The number of hydrogen-bond acceptors (Lipinski definition) is 2. The van der Waals surface area contributed by atoms with Crippen molar-refractivity contribution >= 4 is 6.21 Å². The van der Waals surface area contributed by atoms with Crippen LogP contribution in [0.2, 0.25) is 0 Å². The van der Waals surface area contributed by atoms with Crippen molar-refractivity contribution < 1.29 is 4.39 Å². The number of nitrogens with zero attached hydrogens (tertiary/aromatic N) is 2. The predicted octanol–water partition coefficient (Wildman–Crippen LogP) is 2.15. The van der Waals surface area contributed by atoms with Crippen LogP contribution in [0.3, 0.4) is 0 Å². The Hall–Kier alpha value is -0.440. The molecule has 0 radical (unpaired) electrons. The van der Waals surface area contributed by atoms with Crippen LogP contribution in [0.5, 0.6) is 0 Å². The molecule has 2 unspecified atom stereocenters. The van der Waals surface area contributed by atoms with Gasteiger partial charge in [0.1, 0.15) is 6.17 Å². The number of aliphatic imine (C=N–C) groups is 1. The van der Waals surface area contributed by atoms with Crippen molar-refractivity contribution in [3.05, 3.63) is 0 Å². The quantitative estimate of drug-likeness (QED) is 0.501. The molecule has 1 fully saturated rings. The molecule has 0 aromatic rings. The maximum absolute atomic E-state index is 13.2. The minimum absolute atomic E-state index is 0.508. The second-order valence-corrected chi connectivity index (χ2v) is 4.22. The Morgan fingerprint density at radius 1 is 1.50 bits per heavy atom. The Morgan fingerprint density at radius 3 is 2.93 bits per heavy atom. The fourth-order valence-corrected chi connectivity index (χ4v) is 2.08. The van der Waals surface area contributed by atoms with E-state index in [-0.39, 0.29) is 0 Å². The Kier molecular flexibility index (Phi) is 5.09. The highest BCUT2D eigenvalue weighted by molar-refractivity contribution is 5.53. The molecule has 0 saturated carbocycles. The molecule has 1 aliphatic rings. The Bertz CT molecular complexity index is 172. The van der Waals surface area contributed by atoms with Gasteiger partial charge in [0.15, 0.2) is 0 Å². The molecular formula is C11H21FN2. The summed E-state index contributed by atoms with van der Waals surface area (Å²) in [6.07, 6.45) is 3.00. The normalized spacial score (nSPS) is 29.9. The van der Waals surface area contributed by atoms with Gasteiger partial charge in [-0.05, 0) is 31.9 Å². The van der Waals surface area contributed by atoms with Crippen LogP contribution in [0.25, 0.3) is 0 Å². The Labute approximate surface area is 86.2 Å². The smallest absolute Gasteiger partial charge is 0.113 e. The first-order valence-electron chi connectivity index (χ1n) is 5.53. The molecule has 0 aromatic heterocycles. The number of halogens is 1. The molecule has 1 saturated heterocycles. The second-order valence-electron chi connectivity index (χ2n) is 4.22. The lowest BCUT2D eigenvalue weighted by molar-refractivity contribution is 0.103. The highest BCUT2D eigenvalue weighted by atomic mass is 19.1. The largest absolute Gasteiger partial charge is 0.300 e. The summed E-state index contributed by atoms with van der Waals surface area (Å²) in [6.45, 7) is 7.60. The van der Waals surface area contributed by atoms with Crippen LogP contribution in [0.1, 0.15) is 26.7 Å². The molecule has 0 N–H and O–H groups in total. The third kappa shape index (κ3) is 4.18. The molecular weight excluding hydrogens is 179 g/mol. The molecule has 1 aliphatic heterocycles. The third-order valence-corrected chi connectivity index (χ3v) is 2.63. The van der Waals surface area contributed by atoms with Crippen LogP contribution in [0.15, 0.2) is 4.99 Å². The maximum Gasteiger partial charge on any atom is 0.113 e. The van der Waals surface area contributed by atoms with Gasteiger partial charge in [0.2, 0.25) is 0 Å². The number of hydrogen-bond donors (Lipinski definition) is 0. The van der Waals surface area contributed by atoms with Gasteiger partial charge in [-0.2, -0.15) is 0 Å². The fourth-order valence-electron chi connectivity index (χ4n) is 2.08. The highest BCUT2D eigenvalue weighted by Gasteiger charge is 2.23. The van der Waals surface area contributed by atoms with Gasteiger partial charge in [-0.1, -0.05) is 6.92 Å².